The minimum absolute atomic E-state index is 0.122. The van der Waals surface area contributed by atoms with Crippen LogP contribution in [-0.4, -0.2) is 48.6 Å². The van der Waals surface area contributed by atoms with Crippen molar-refractivity contribution in [2.75, 3.05) is 31.6 Å². The molecule has 0 aliphatic carbocycles. The molecule has 0 aromatic heterocycles. The van der Waals surface area contributed by atoms with Crippen LogP contribution in [0, 0.1) is 11.6 Å². The van der Waals surface area contributed by atoms with E-state index < -0.39 is 43.7 Å². The molecule has 0 saturated carbocycles. The highest BCUT2D eigenvalue weighted by Crippen LogP contribution is 2.15. The molecule has 112 valence electrons. The Morgan fingerprint density at radius 1 is 1.35 bits per heavy atom. The standard InChI is InChI=1S/C12H14F4N2O2/c13-8-1-2-9(14)10(5-8)17-12(20)7-18(3-4-19)6-11(15)16/h1-2,5,11,19H,3-4,6-7H2,(H,17,20). The van der Waals surface area contributed by atoms with E-state index in [1.54, 1.807) is 0 Å². The van der Waals surface area contributed by atoms with Gasteiger partial charge in [-0.3, -0.25) is 9.69 Å². The van der Waals surface area contributed by atoms with E-state index in [1.807, 2.05) is 0 Å². The predicted octanol–water partition coefficient (Wildman–Crippen LogP) is 1.46. The summed E-state index contributed by atoms with van der Waals surface area (Å²) in [4.78, 5) is 12.6. The molecule has 0 atom stereocenters. The van der Waals surface area contributed by atoms with Crippen LogP contribution in [0.3, 0.4) is 0 Å². The molecular weight excluding hydrogens is 280 g/mol. The van der Waals surface area contributed by atoms with Crippen molar-refractivity contribution < 1.29 is 27.5 Å². The number of alkyl halides is 2. The summed E-state index contributed by atoms with van der Waals surface area (Å²) < 4.78 is 50.6. The minimum Gasteiger partial charge on any atom is -0.395 e. The van der Waals surface area contributed by atoms with E-state index in [9.17, 15) is 22.4 Å². The van der Waals surface area contributed by atoms with Crippen LogP contribution in [0.4, 0.5) is 23.2 Å². The highest BCUT2D eigenvalue weighted by molar-refractivity contribution is 5.92. The van der Waals surface area contributed by atoms with Crippen LogP contribution >= 0.6 is 0 Å². The Morgan fingerprint density at radius 3 is 2.65 bits per heavy atom. The summed E-state index contributed by atoms with van der Waals surface area (Å²) >= 11 is 0. The van der Waals surface area contributed by atoms with E-state index in [4.69, 9.17) is 5.11 Å². The van der Waals surface area contributed by atoms with Gasteiger partial charge in [-0.05, 0) is 12.1 Å². The first-order valence-corrected chi connectivity index (χ1v) is 5.78. The number of aliphatic hydroxyl groups is 1. The monoisotopic (exact) mass is 294 g/mol. The zero-order valence-electron chi connectivity index (χ0n) is 10.5. The van der Waals surface area contributed by atoms with E-state index in [0.29, 0.717) is 0 Å². The maximum absolute atomic E-state index is 13.3. The van der Waals surface area contributed by atoms with E-state index in [2.05, 4.69) is 5.32 Å². The highest BCUT2D eigenvalue weighted by atomic mass is 19.3. The Balaban J connectivity index is 2.62. The molecule has 4 nitrogen and oxygen atoms in total. The fourth-order valence-corrected chi connectivity index (χ4v) is 1.56. The third kappa shape index (κ3) is 5.54. The average Bonchev–Trinajstić information content (AvgIpc) is 2.33. The quantitative estimate of drug-likeness (QED) is 0.749. The fourth-order valence-electron chi connectivity index (χ4n) is 1.56. The summed E-state index contributed by atoms with van der Waals surface area (Å²) in [5, 5.41) is 10.8. The highest BCUT2D eigenvalue weighted by Gasteiger charge is 2.16. The molecule has 1 aromatic rings. The number of nitrogens with zero attached hydrogens (tertiary/aromatic N) is 1. The molecule has 20 heavy (non-hydrogen) atoms. The van der Waals surface area contributed by atoms with Crippen LogP contribution < -0.4 is 5.32 Å². The maximum atomic E-state index is 13.3. The van der Waals surface area contributed by atoms with Crippen LogP contribution in [0.2, 0.25) is 0 Å². The molecule has 0 bridgehead atoms. The lowest BCUT2D eigenvalue weighted by Gasteiger charge is -2.20. The third-order valence-corrected chi connectivity index (χ3v) is 2.38. The number of anilines is 1. The molecule has 0 radical (unpaired) electrons. The van der Waals surface area contributed by atoms with Gasteiger partial charge in [-0.2, -0.15) is 0 Å². The molecule has 0 aliphatic heterocycles. The number of aliphatic hydroxyl groups excluding tert-OH is 1. The van der Waals surface area contributed by atoms with Gasteiger partial charge < -0.3 is 10.4 Å². The van der Waals surface area contributed by atoms with Crippen molar-refractivity contribution in [2.45, 2.75) is 6.43 Å². The summed E-state index contributed by atoms with van der Waals surface area (Å²) in [6.45, 7) is -1.67. The number of carbonyl (C=O) groups is 1. The first-order chi connectivity index (χ1) is 9.42. The largest absolute Gasteiger partial charge is 0.395 e. The SMILES string of the molecule is O=C(CN(CCO)CC(F)F)Nc1cc(F)ccc1F. The van der Waals surface area contributed by atoms with Crippen LogP contribution in [0.15, 0.2) is 18.2 Å². The maximum Gasteiger partial charge on any atom is 0.251 e. The Kier molecular flexibility index (Phi) is 6.40. The van der Waals surface area contributed by atoms with Crippen molar-refractivity contribution >= 4 is 11.6 Å². The smallest absolute Gasteiger partial charge is 0.251 e. The first kappa shape index (κ1) is 16.4. The van der Waals surface area contributed by atoms with Gasteiger partial charge in [0.1, 0.15) is 11.6 Å². The van der Waals surface area contributed by atoms with Gasteiger partial charge in [0, 0.05) is 12.6 Å². The summed E-state index contributed by atoms with van der Waals surface area (Å²) in [5.41, 5.74) is -0.365. The van der Waals surface area contributed by atoms with Crippen molar-refractivity contribution in [1.29, 1.82) is 0 Å². The number of halogens is 4. The summed E-state index contributed by atoms with van der Waals surface area (Å²) in [7, 11) is 0. The van der Waals surface area contributed by atoms with Crippen LogP contribution in [0.5, 0.6) is 0 Å². The van der Waals surface area contributed by atoms with Crippen molar-refractivity contribution in [3.8, 4) is 0 Å². The second-order valence-corrected chi connectivity index (χ2v) is 4.02. The fraction of sp³-hybridized carbons (Fsp3) is 0.417. The van der Waals surface area contributed by atoms with Crippen LogP contribution in [-0.2, 0) is 4.79 Å². The lowest BCUT2D eigenvalue weighted by Crippen LogP contribution is -2.38. The number of hydrogen-bond acceptors (Lipinski definition) is 3. The molecule has 1 amide bonds. The molecule has 0 fully saturated rings. The minimum atomic E-state index is -2.67. The number of hydrogen-bond donors (Lipinski definition) is 2. The zero-order chi connectivity index (χ0) is 15.1. The van der Waals surface area contributed by atoms with Gasteiger partial charge >= 0.3 is 0 Å². The molecule has 1 aromatic carbocycles. The lowest BCUT2D eigenvalue weighted by atomic mass is 10.3. The van der Waals surface area contributed by atoms with E-state index in [-0.39, 0.29) is 12.2 Å². The molecule has 8 heteroatoms. The van der Waals surface area contributed by atoms with E-state index >= 15 is 0 Å². The normalized spacial score (nSPS) is 11.2. The zero-order valence-corrected chi connectivity index (χ0v) is 10.5. The van der Waals surface area contributed by atoms with Crippen molar-refractivity contribution in [2.24, 2.45) is 0 Å². The van der Waals surface area contributed by atoms with E-state index in [0.717, 1.165) is 23.1 Å². The molecular formula is C12H14F4N2O2. The number of carbonyl (C=O) groups excluding carboxylic acids is 1. The second kappa shape index (κ2) is 7.81. The molecule has 0 saturated heterocycles. The summed E-state index contributed by atoms with van der Waals surface area (Å²) in [6, 6.07) is 2.52. The molecule has 0 spiro atoms. The topological polar surface area (TPSA) is 52.6 Å². The van der Waals surface area contributed by atoms with Crippen molar-refractivity contribution in [3.63, 3.8) is 0 Å². The van der Waals surface area contributed by atoms with Crippen molar-refractivity contribution in [3.05, 3.63) is 29.8 Å². The molecule has 2 N–H and O–H groups in total. The van der Waals surface area contributed by atoms with Gasteiger partial charge in [0.25, 0.3) is 6.43 Å². The Hall–Kier alpha value is -1.67. The Labute approximate surface area is 113 Å². The Morgan fingerprint density at radius 2 is 2.05 bits per heavy atom. The second-order valence-electron chi connectivity index (χ2n) is 4.02. The van der Waals surface area contributed by atoms with Crippen molar-refractivity contribution in [1.82, 2.24) is 4.90 Å². The molecule has 0 heterocycles. The molecule has 0 aliphatic rings. The van der Waals surface area contributed by atoms with Gasteiger partial charge in [-0.1, -0.05) is 0 Å². The average molecular weight is 294 g/mol. The van der Waals surface area contributed by atoms with Gasteiger partial charge in [-0.15, -0.1) is 0 Å². The number of benzene rings is 1. The van der Waals surface area contributed by atoms with Gasteiger partial charge in [0.15, 0.2) is 0 Å². The molecule has 0 unspecified atom stereocenters. The van der Waals surface area contributed by atoms with Crippen LogP contribution in [0.1, 0.15) is 0 Å². The van der Waals surface area contributed by atoms with Crippen LogP contribution in [0.25, 0.3) is 0 Å². The first-order valence-electron chi connectivity index (χ1n) is 5.78. The Bertz CT molecular complexity index is 457. The third-order valence-electron chi connectivity index (χ3n) is 2.38. The summed E-state index contributed by atoms with van der Waals surface area (Å²) in [5.74, 6) is -2.34. The van der Waals surface area contributed by atoms with Gasteiger partial charge in [0.05, 0.1) is 25.4 Å². The molecule has 1 rings (SSSR count). The predicted molar refractivity (Wildman–Crippen MR) is 64.5 cm³/mol. The van der Waals surface area contributed by atoms with Gasteiger partial charge in [-0.25, -0.2) is 17.6 Å². The number of amides is 1. The number of nitrogens with one attached hydrogen (secondary N) is 1. The van der Waals surface area contributed by atoms with Gasteiger partial charge in [0.2, 0.25) is 5.91 Å². The lowest BCUT2D eigenvalue weighted by molar-refractivity contribution is -0.117. The van der Waals surface area contributed by atoms with E-state index in [1.165, 1.54) is 0 Å². The summed E-state index contributed by atoms with van der Waals surface area (Å²) in [6.07, 6.45) is -2.67. The number of rotatable bonds is 7.